The number of carbonyl (C=O) groups is 1. The standard InChI is InChI=1S/C20H26FN3O/c1-15-18-12-17(21)7-6-16(18)8-11-24(15)13-19(25)23(2)20(14-22)9-4-3-5-10-20/h6-7,12,15H,3-5,8-11,13H2,1-2H3. The van der Waals surface area contributed by atoms with Gasteiger partial charge in [-0.3, -0.25) is 9.69 Å². The van der Waals surface area contributed by atoms with Crippen molar-refractivity contribution in [2.24, 2.45) is 0 Å². The molecule has 0 saturated heterocycles. The van der Waals surface area contributed by atoms with Gasteiger partial charge in [0.25, 0.3) is 0 Å². The molecular weight excluding hydrogens is 317 g/mol. The van der Waals surface area contributed by atoms with E-state index in [4.69, 9.17) is 0 Å². The summed E-state index contributed by atoms with van der Waals surface area (Å²) >= 11 is 0. The van der Waals surface area contributed by atoms with E-state index < -0.39 is 5.54 Å². The van der Waals surface area contributed by atoms with Crippen LogP contribution in [0.3, 0.4) is 0 Å². The van der Waals surface area contributed by atoms with Crippen molar-refractivity contribution in [1.82, 2.24) is 9.80 Å². The highest BCUT2D eigenvalue weighted by molar-refractivity contribution is 5.79. The third kappa shape index (κ3) is 3.41. The molecule has 1 aromatic rings. The molecule has 0 radical (unpaired) electrons. The number of halogens is 1. The van der Waals surface area contributed by atoms with Gasteiger partial charge >= 0.3 is 0 Å². The Balaban J connectivity index is 1.72. The molecule has 0 spiro atoms. The predicted molar refractivity (Wildman–Crippen MR) is 94.3 cm³/mol. The monoisotopic (exact) mass is 343 g/mol. The van der Waals surface area contributed by atoms with Crippen LogP contribution < -0.4 is 0 Å². The summed E-state index contributed by atoms with van der Waals surface area (Å²) in [5, 5.41) is 9.68. The van der Waals surface area contributed by atoms with Crippen molar-refractivity contribution in [2.75, 3.05) is 20.1 Å². The smallest absolute Gasteiger partial charge is 0.237 e. The summed E-state index contributed by atoms with van der Waals surface area (Å²) in [6.07, 6.45) is 5.47. The number of amides is 1. The molecule has 1 amide bonds. The third-order valence-corrected chi connectivity index (χ3v) is 6.02. The van der Waals surface area contributed by atoms with E-state index in [0.717, 1.165) is 56.2 Å². The van der Waals surface area contributed by atoms with Gasteiger partial charge in [-0.15, -0.1) is 0 Å². The second-order valence-electron chi connectivity index (χ2n) is 7.40. The normalized spacial score (nSPS) is 22.7. The fourth-order valence-corrected chi connectivity index (χ4v) is 4.23. The molecule has 2 aliphatic rings. The summed E-state index contributed by atoms with van der Waals surface area (Å²) in [7, 11) is 1.76. The first-order valence-corrected chi connectivity index (χ1v) is 9.17. The maximum atomic E-state index is 13.6. The molecule has 1 aliphatic heterocycles. The molecule has 1 saturated carbocycles. The van der Waals surface area contributed by atoms with Gasteiger partial charge in [0.1, 0.15) is 11.4 Å². The van der Waals surface area contributed by atoms with Gasteiger partial charge in [0, 0.05) is 19.6 Å². The molecule has 1 unspecified atom stereocenters. The molecule has 0 bridgehead atoms. The second kappa shape index (κ2) is 7.13. The molecule has 1 aliphatic carbocycles. The topological polar surface area (TPSA) is 47.3 Å². The van der Waals surface area contributed by atoms with Crippen LogP contribution in [-0.2, 0) is 11.2 Å². The molecule has 134 valence electrons. The summed E-state index contributed by atoms with van der Waals surface area (Å²) in [4.78, 5) is 16.6. The van der Waals surface area contributed by atoms with Crippen molar-refractivity contribution in [3.63, 3.8) is 0 Å². The summed E-state index contributed by atoms with van der Waals surface area (Å²) < 4.78 is 13.6. The lowest BCUT2D eigenvalue weighted by molar-refractivity contribution is -0.136. The van der Waals surface area contributed by atoms with Crippen LogP contribution in [0.25, 0.3) is 0 Å². The fourth-order valence-electron chi connectivity index (χ4n) is 4.23. The minimum absolute atomic E-state index is 0.00110. The third-order valence-electron chi connectivity index (χ3n) is 6.02. The highest BCUT2D eigenvalue weighted by Gasteiger charge is 2.39. The van der Waals surface area contributed by atoms with Gasteiger partial charge in [-0.25, -0.2) is 4.39 Å². The lowest BCUT2D eigenvalue weighted by Gasteiger charge is -2.41. The van der Waals surface area contributed by atoms with Crippen molar-refractivity contribution in [2.45, 2.75) is 57.0 Å². The number of likely N-dealkylation sites (N-methyl/N-ethyl adjacent to an activating group) is 1. The predicted octanol–water partition coefficient (Wildman–Crippen LogP) is 3.43. The van der Waals surface area contributed by atoms with Crippen LogP contribution in [0, 0.1) is 17.1 Å². The summed E-state index contributed by atoms with van der Waals surface area (Å²) in [6.45, 7) is 3.07. The van der Waals surface area contributed by atoms with Gasteiger partial charge in [-0.2, -0.15) is 5.26 Å². The molecule has 1 aromatic carbocycles. The lowest BCUT2D eigenvalue weighted by atomic mass is 9.81. The Kier molecular flexibility index (Phi) is 5.10. The molecular formula is C20H26FN3O. The first kappa shape index (κ1) is 17.9. The first-order chi connectivity index (χ1) is 12.0. The van der Waals surface area contributed by atoms with Gasteiger partial charge in [0.05, 0.1) is 12.6 Å². The number of nitriles is 1. The fraction of sp³-hybridized carbons (Fsp3) is 0.600. The van der Waals surface area contributed by atoms with E-state index in [0.29, 0.717) is 0 Å². The first-order valence-electron chi connectivity index (χ1n) is 9.17. The van der Waals surface area contributed by atoms with E-state index in [1.54, 1.807) is 18.0 Å². The van der Waals surface area contributed by atoms with E-state index in [1.807, 2.05) is 13.0 Å². The highest BCUT2D eigenvalue weighted by Crippen LogP contribution is 2.34. The number of hydrogen-bond acceptors (Lipinski definition) is 3. The second-order valence-corrected chi connectivity index (χ2v) is 7.40. The van der Waals surface area contributed by atoms with Crippen LogP contribution in [0.15, 0.2) is 18.2 Å². The van der Waals surface area contributed by atoms with E-state index in [2.05, 4.69) is 11.0 Å². The minimum Gasteiger partial charge on any atom is -0.326 e. The van der Waals surface area contributed by atoms with Gasteiger partial charge < -0.3 is 4.90 Å². The zero-order valence-corrected chi connectivity index (χ0v) is 15.1. The van der Waals surface area contributed by atoms with Gasteiger partial charge in [-0.1, -0.05) is 25.3 Å². The van der Waals surface area contributed by atoms with Crippen molar-refractivity contribution in [3.8, 4) is 6.07 Å². The van der Waals surface area contributed by atoms with Crippen LogP contribution in [0.1, 0.15) is 56.2 Å². The molecule has 25 heavy (non-hydrogen) atoms. The molecule has 5 heteroatoms. The van der Waals surface area contributed by atoms with Gasteiger partial charge in [0.2, 0.25) is 5.91 Å². The Morgan fingerprint density at radius 1 is 1.40 bits per heavy atom. The molecule has 1 fully saturated rings. The van der Waals surface area contributed by atoms with Gasteiger partial charge in [0.15, 0.2) is 0 Å². The Morgan fingerprint density at radius 3 is 2.80 bits per heavy atom. The molecule has 3 rings (SSSR count). The van der Waals surface area contributed by atoms with Crippen LogP contribution in [-0.4, -0.2) is 41.4 Å². The van der Waals surface area contributed by atoms with Crippen LogP contribution >= 0.6 is 0 Å². The average molecular weight is 343 g/mol. The lowest BCUT2D eigenvalue weighted by Crippen LogP contribution is -2.53. The number of fused-ring (bicyclic) bond motifs is 1. The van der Waals surface area contributed by atoms with E-state index >= 15 is 0 Å². The Hall–Kier alpha value is -1.93. The summed E-state index contributed by atoms with van der Waals surface area (Å²) in [5.41, 5.74) is 1.47. The Bertz CT molecular complexity index is 691. The van der Waals surface area contributed by atoms with E-state index in [9.17, 15) is 14.4 Å². The largest absolute Gasteiger partial charge is 0.326 e. The SMILES string of the molecule is CC1c2cc(F)ccc2CCN1CC(=O)N(C)C1(C#N)CCCCC1. The van der Waals surface area contributed by atoms with E-state index in [1.165, 1.54) is 6.07 Å². The van der Waals surface area contributed by atoms with Crippen LogP contribution in [0.5, 0.6) is 0 Å². The number of benzene rings is 1. The number of nitrogens with zero attached hydrogens (tertiary/aromatic N) is 3. The quantitative estimate of drug-likeness (QED) is 0.845. The van der Waals surface area contributed by atoms with Crippen molar-refractivity contribution in [3.05, 3.63) is 35.1 Å². The maximum absolute atomic E-state index is 13.6. The van der Waals surface area contributed by atoms with E-state index in [-0.39, 0.29) is 24.3 Å². The molecule has 0 N–H and O–H groups in total. The number of rotatable bonds is 3. The van der Waals surface area contributed by atoms with Crippen LogP contribution in [0.4, 0.5) is 4.39 Å². The minimum atomic E-state index is -0.654. The molecule has 4 nitrogen and oxygen atoms in total. The van der Waals surface area contributed by atoms with Crippen molar-refractivity contribution >= 4 is 5.91 Å². The van der Waals surface area contributed by atoms with Crippen LogP contribution in [0.2, 0.25) is 0 Å². The van der Waals surface area contributed by atoms with Crippen molar-refractivity contribution < 1.29 is 9.18 Å². The molecule has 1 atom stereocenters. The average Bonchev–Trinajstić information content (AvgIpc) is 2.64. The zero-order chi connectivity index (χ0) is 18.0. The number of hydrogen-bond donors (Lipinski definition) is 0. The zero-order valence-electron chi connectivity index (χ0n) is 15.1. The van der Waals surface area contributed by atoms with Gasteiger partial charge in [-0.05, 0) is 49.4 Å². The highest BCUT2D eigenvalue weighted by atomic mass is 19.1. The maximum Gasteiger partial charge on any atom is 0.237 e. The number of carbonyl (C=O) groups excluding carboxylic acids is 1. The molecule has 1 heterocycles. The van der Waals surface area contributed by atoms with Crippen molar-refractivity contribution in [1.29, 1.82) is 5.26 Å². The molecule has 0 aromatic heterocycles. The summed E-state index contributed by atoms with van der Waals surface area (Å²) in [6, 6.07) is 7.34. The summed E-state index contributed by atoms with van der Waals surface area (Å²) in [5.74, 6) is -0.253. The Labute approximate surface area is 149 Å². The Morgan fingerprint density at radius 2 is 2.12 bits per heavy atom.